The third-order valence-corrected chi connectivity index (χ3v) is 12.1. The molecule has 2 aromatic carbocycles. The van der Waals surface area contributed by atoms with Crippen LogP contribution in [0.4, 0.5) is 0 Å². The summed E-state index contributed by atoms with van der Waals surface area (Å²) in [6, 6.07) is 22.3. The molecule has 6 nitrogen and oxygen atoms in total. The van der Waals surface area contributed by atoms with Crippen molar-refractivity contribution in [3.05, 3.63) is 83.9 Å². The third kappa shape index (κ3) is 6.34. The van der Waals surface area contributed by atoms with Gasteiger partial charge in [-0.25, -0.2) is 8.42 Å². The average molecular weight is 641 g/mol. The van der Waals surface area contributed by atoms with Crippen molar-refractivity contribution < 1.29 is 28.2 Å². The van der Waals surface area contributed by atoms with E-state index in [4.69, 9.17) is 0 Å². The fourth-order valence-electron chi connectivity index (χ4n) is 4.55. The van der Waals surface area contributed by atoms with E-state index >= 15 is 0 Å². The highest BCUT2D eigenvalue weighted by Gasteiger charge is 2.22. The molecule has 0 spiro atoms. The minimum atomic E-state index is -3.50. The zero-order valence-electron chi connectivity index (χ0n) is 21.9. The summed E-state index contributed by atoms with van der Waals surface area (Å²) in [7, 11) is -3.50. The number of hydrogen-bond acceptors (Lipinski definition) is 8. The molecule has 3 heterocycles. The molecule has 0 unspecified atom stereocenters. The Kier molecular flexibility index (Phi) is 8.53. The van der Waals surface area contributed by atoms with Crippen LogP contribution in [0.25, 0.3) is 40.4 Å². The van der Waals surface area contributed by atoms with E-state index in [9.17, 15) is 28.2 Å². The van der Waals surface area contributed by atoms with Gasteiger partial charge in [0, 0.05) is 51.5 Å². The van der Waals surface area contributed by atoms with E-state index in [1.807, 2.05) is 48.7 Å². The van der Waals surface area contributed by atoms with E-state index in [1.165, 1.54) is 22.7 Å². The first-order valence-corrected chi connectivity index (χ1v) is 17.8. The van der Waals surface area contributed by atoms with Gasteiger partial charge < -0.3 is 10.2 Å². The van der Waals surface area contributed by atoms with Gasteiger partial charge in [0.1, 0.15) is 0 Å². The lowest BCUT2D eigenvalue weighted by atomic mass is 10.1. The number of rotatable bonds is 10. The highest BCUT2D eigenvalue weighted by Crippen LogP contribution is 2.48. The molecule has 0 aliphatic rings. The summed E-state index contributed by atoms with van der Waals surface area (Å²) < 4.78 is 24.9. The zero-order chi connectivity index (χ0) is 29.3. The van der Waals surface area contributed by atoms with Crippen LogP contribution in [0.1, 0.15) is 11.1 Å². The van der Waals surface area contributed by atoms with Crippen LogP contribution in [0, 0.1) is 0 Å². The molecule has 0 saturated carbocycles. The Balaban J connectivity index is 1.61. The van der Waals surface area contributed by atoms with Crippen LogP contribution in [-0.2, 0) is 32.3 Å². The van der Waals surface area contributed by atoms with Crippen LogP contribution in [0.15, 0.2) is 82.6 Å². The van der Waals surface area contributed by atoms with Crippen LogP contribution in [0.2, 0.25) is 0 Å². The van der Waals surface area contributed by atoms with Crippen molar-refractivity contribution in [2.24, 2.45) is 0 Å². The predicted octanol–water partition coefficient (Wildman–Crippen LogP) is 7.92. The first kappa shape index (κ1) is 29.3. The van der Waals surface area contributed by atoms with Crippen molar-refractivity contribution in [1.82, 2.24) is 0 Å². The lowest BCUT2D eigenvalue weighted by Gasteiger charge is -2.05. The Morgan fingerprint density at radius 1 is 0.707 bits per heavy atom. The van der Waals surface area contributed by atoms with Crippen molar-refractivity contribution in [1.29, 1.82) is 0 Å². The van der Waals surface area contributed by atoms with Crippen LogP contribution in [-0.4, -0.2) is 43.1 Å². The number of benzene rings is 2. The van der Waals surface area contributed by atoms with Crippen LogP contribution in [0.5, 0.6) is 0 Å². The van der Waals surface area contributed by atoms with E-state index in [1.54, 1.807) is 53.4 Å². The highest BCUT2D eigenvalue weighted by molar-refractivity contribution is 7.98. The van der Waals surface area contributed by atoms with Gasteiger partial charge in [0.2, 0.25) is 0 Å². The highest BCUT2D eigenvalue weighted by atomic mass is 32.2. The maximum atomic E-state index is 12.5. The summed E-state index contributed by atoms with van der Waals surface area (Å²) in [5, 5.41) is 19.2. The third-order valence-electron chi connectivity index (χ3n) is 6.28. The standard InChI is InChI=1S/C30H24O6S5/c1-37-21-9-5-3-7-19(21)24-13-17(15-27(31)32)29(39-24)22-11-12-23(38-22)30-18(16-28(33)34)14-25(40-30)20-8-4-6-10-26(20)41(2,35)36/h3-14H,15-16H2,1-2H3,(H,31,32)(H,33,34). The van der Waals surface area contributed by atoms with Gasteiger partial charge in [-0.2, -0.15) is 0 Å². The number of hydrogen-bond donors (Lipinski definition) is 2. The maximum absolute atomic E-state index is 12.5. The first-order valence-electron chi connectivity index (χ1n) is 12.3. The molecule has 0 fully saturated rings. The molecule has 0 aliphatic heterocycles. The van der Waals surface area contributed by atoms with E-state index in [0.717, 1.165) is 46.7 Å². The summed E-state index contributed by atoms with van der Waals surface area (Å²) in [4.78, 5) is 29.8. The number of thioether (sulfide) groups is 1. The van der Waals surface area contributed by atoms with E-state index in [-0.39, 0.29) is 17.7 Å². The second-order valence-corrected chi connectivity index (χ2v) is 15.2. The SMILES string of the molecule is CSc1ccccc1-c1cc(CC(=O)O)c(-c2ccc(-c3sc(-c4ccccc4S(C)(=O)=O)cc3CC(=O)O)s2)s1. The number of carboxylic acid groups (broad SMARTS) is 2. The van der Waals surface area contributed by atoms with Crippen molar-refractivity contribution in [2.45, 2.75) is 22.6 Å². The smallest absolute Gasteiger partial charge is 0.307 e. The maximum Gasteiger partial charge on any atom is 0.307 e. The Labute approximate surface area is 253 Å². The molecule has 0 bridgehead atoms. The Morgan fingerprint density at radius 2 is 1.20 bits per heavy atom. The molecule has 5 aromatic rings. The first-order chi connectivity index (χ1) is 19.5. The number of carboxylic acids is 2. The minimum Gasteiger partial charge on any atom is -0.481 e. The summed E-state index contributed by atoms with van der Waals surface area (Å²) in [6.45, 7) is 0. The predicted molar refractivity (Wildman–Crippen MR) is 169 cm³/mol. The Morgan fingerprint density at radius 3 is 1.71 bits per heavy atom. The number of aliphatic carboxylic acids is 2. The lowest BCUT2D eigenvalue weighted by molar-refractivity contribution is -0.137. The van der Waals surface area contributed by atoms with Gasteiger partial charge in [-0.05, 0) is 53.8 Å². The number of sulfone groups is 1. The van der Waals surface area contributed by atoms with E-state index < -0.39 is 21.8 Å². The quantitative estimate of drug-likeness (QED) is 0.149. The molecule has 0 saturated heterocycles. The van der Waals surface area contributed by atoms with Gasteiger partial charge in [-0.1, -0.05) is 36.4 Å². The molecule has 5 rings (SSSR count). The van der Waals surface area contributed by atoms with Gasteiger partial charge in [0.05, 0.1) is 17.7 Å². The summed E-state index contributed by atoms with van der Waals surface area (Å²) in [6.07, 6.45) is 2.84. The van der Waals surface area contributed by atoms with Crippen LogP contribution < -0.4 is 0 Å². The van der Waals surface area contributed by atoms with Crippen LogP contribution >= 0.6 is 45.8 Å². The molecule has 41 heavy (non-hydrogen) atoms. The molecule has 0 radical (unpaired) electrons. The van der Waals surface area contributed by atoms with Crippen molar-refractivity contribution >= 4 is 67.5 Å². The summed E-state index contributed by atoms with van der Waals surface area (Å²) in [5.74, 6) is -1.90. The molecule has 2 N–H and O–H groups in total. The Bertz CT molecular complexity index is 1880. The fraction of sp³-hybridized carbons (Fsp3) is 0.133. The fourth-order valence-corrected chi connectivity index (χ4v) is 9.93. The minimum absolute atomic E-state index is 0.115. The largest absolute Gasteiger partial charge is 0.481 e. The molecule has 0 aliphatic carbocycles. The topological polar surface area (TPSA) is 109 Å². The molecular formula is C30H24O6S5. The van der Waals surface area contributed by atoms with Crippen molar-refractivity contribution in [2.75, 3.05) is 12.5 Å². The molecule has 0 atom stereocenters. The zero-order valence-corrected chi connectivity index (χ0v) is 26.0. The Hall–Kier alpha value is -3.22. The van der Waals surface area contributed by atoms with E-state index in [2.05, 4.69) is 0 Å². The summed E-state index contributed by atoms with van der Waals surface area (Å²) in [5.41, 5.74) is 2.91. The monoisotopic (exact) mass is 640 g/mol. The molecular weight excluding hydrogens is 617 g/mol. The molecule has 3 aromatic heterocycles. The summed E-state index contributed by atoms with van der Waals surface area (Å²) >= 11 is 6.01. The normalized spacial score (nSPS) is 11.6. The second-order valence-electron chi connectivity index (χ2n) is 9.20. The van der Waals surface area contributed by atoms with Gasteiger partial charge in [0.25, 0.3) is 0 Å². The van der Waals surface area contributed by atoms with Crippen molar-refractivity contribution in [3.8, 4) is 40.4 Å². The van der Waals surface area contributed by atoms with Crippen molar-refractivity contribution in [3.63, 3.8) is 0 Å². The molecule has 210 valence electrons. The number of carbonyl (C=O) groups is 2. The van der Waals surface area contributed by atoms with Gasteiger partial charge in [-0.3, -0.25) is 9.59 Å². The molecule has 0 amide bonds. The second kappa shape index (κ2) is 11.9. The van der Waals surface area contributed by atoms with Gasteiger partial charge >= 0.3 is 11.9 Å². The van der Waals surface area contributed by atoms with E-state index in [0.29, 0.717) is 16.0 Å². The number of thiophene rings is 3. The van der Waals surface area contributed by atoms with Gasteiger partial charge in [0.15, 0.2) is 9.84 Å². The molecule has 11 heteroatoms. The lowest BCUT2D eigenvalue weighted by Crippen LogP contribution is -2.00. The average Bonchev–Trinajstić information content (AvgIpc) is 3.66. The van der Waals surface area contributed by atoms with Gasteiger partial charge in [-0.15, -0.1) is 45.8 Å². The van der Waals surface area contributed by atoms with Crippen LogP contribution in [0.3, 0.4) is 0 Å².